The van der Waals surface area contributed by atoms with Crippen molar-refractivity contribution in [1.29, 1.82) is 0 Å². The average molecular weight is 517 g/mol. The predicted molar refractivity (Wildman–Crippen MR) is 138 cm³/mol. The van der Waals surface area contributed by atoms with E-state index in [1.807, 2.05) is 121 Å². The molecule has 0 radical (unpaired) electrons. The molecule has 0 spiro atoms. The molecule has 8 heteroatoms. The summed E-state index contributed by atoms with van der Waals surface area (Å²) in [5, 5.41) is 0. The summed E-state index contributed by atoms with van der Waals surface area (Å²) in [7, 11) is 0. The van der Waals surface area contributed by atoms with Crippen molar-refractivity contribution >= 4 is 0 Å². The van der Waals surface area contributed by atoms with Crippen molar-refractivity contribution in [3.8, 4) is 0 Å². The Labute approximate surface area is 306 Å². The van der Waals surface area contributed by atoms with Crippen LogP contribution in [0.5, 0.6) is 0 Å². The molecule has 0 amide bonds. The van der Waals surface area contributed by atoms with E-state index in [1.54, 1.807) is 0 Å². The van der Waals surface area contributed by atoms with Gasteiger partial charge in [0.2, 0.25) is 0 Å². The monoisotopic (exact) mass is 516 g/mol. The van der Waals surface area contributed by atoms with Crippen LogP contribution < -0.4 is 118 Å². The molecule has 0 unspecified atom stereocenters. The van der Waals surface area contributed by atoms with E-state index < -0.39 is 0 Å². The van der Waals surface area contributed by atoms with Gasteiger partial charge in [-0.2, -0.15) is 0 Å². The topological polar surface area (TPSA) is 95.2 Å². The molecule has 36 heavy (non-hydrogen) atoms. The van der Waals surface area contributed by atoms with E-state index in [0.29, 0.717) is 26.2 Å². The Morgan fingerprint density at radius 1 is 0.278 bits per heavy atom. The number of rotatable bonds is 4. The number of hydrogen-bond donors (Lipinski definition) is 0. The molecule has 0 aliphatic heterocycles. The molecule has 0 saturated carbocycles. The van der Waals surface area contributed by atoms with Gasteiger partial charge in [0.15, 0.2) is 0 Å². The van der Waals surface area contributed by atoms with Gasteiger partial charge in [0, 0.05) is 0 Å². The summed E-state index contributed by atoms with van der Waals surface area (Å²) >= 11 is 0. The third-order valence-corrected chi connectivity index (χ3v) is 4.19. The maximum absolute atomic E-state index is 6.94. The van der Waals surface area contributed by atoms with Crippen LogP contribution >= 0.6 is 0 Å². The van der Waals surface area contributed by atoms with E-state index in [9.17, 15) is 0 Å². The van der Waals surface area contributed by atoms with E-state index in [2.05, 4.69) is 0 Å². The van der Waals surface area contributed by atoms with Gasteiger partial charge in [-0.3, -0.25) is 0 Å². The Morgan fingerprint density at radius 3 is 0.500 bits per heavy atom. The molecule has 4 aromatic rings. The molecular formula is C28H32N4Na4. The van der Waals surface area contributed by atoms with Crippen LogP contribution in [0.3, 0.4) is 0 Å². The first-order chi connectivity index (χ1) is 15.7. The molecule has 0 fully saturated rings. The minimum absolute atomic E-state index is 0. The van der Waals surface area contributed by atoms with Gasteiger partial charge in [0.05, 0.1) is 0 Å². The van der Waals surface area contributed by atoms with Crippen molar-refractivity contribution < 1.29 is 118 Å². The maximum atomic E-state index is 6.94. The van der Waals surface area contributed by atoms with Crippen molar-refractivity contribution in [3.63, 3.8) is 0 Å². The average Bonchev–Trinajstić information content (AvgIpc) is 2.91. The Bertz CT molecular complexity index is 759. The Kier molecular flexibility index (Phi) is 38.8. The van der Waals surface area contributed by atoms with Crippen LogP contribution in [0.1, 0.15) is 22.3 Å². The summed E-state index contributed by atoms with van der Waals surface area (Å²) in [5.41, 5.74) is 32.1. The zero-order valence-electron chi connectivity index (χ0n) is 22.4. The first kappa shape index (κ1) is 43.8. The fourth-order valence-corrected chi connectivity index (χ4v) is 2.38. The smallest absolute Gasteiger partial charge is 0.674 e. The fourth-order valence-electron chi connectivity index (χ4n) is 2.38. The molecular weight excluding hydrogens is 484 g/mol. The van der Waals surface area contributed by atoms with Crippen molar-refractivity contribution in [2.75, 3.05) is 0 Å². The second-order valence-corrected chi connectivity index (χ2v) is 6.65. The van der Waals surface area contributed by atoms with E-state index in [-0.39, 0.29) is 118 Å². The van der Waals surface area contributed by atoms with Crippen LogP contribution in [0.4, 0.5) is 0 Å². The number of nitrogens with one attached hydrogen (secondary N) is 4. The van der Waals surface area contributed by atoms with Gasteiger partial charge in [-0.05, 0) is 0 Å². The van der Waals surface area contributed by atoms with E-state index in [4.69, 9.17) is 22.9 Å². The summed E-state index contributed by atoms with van der Waals surface area (Å²) in [4.78, 5) is 0. The van der Waals surface area contributed by atoms with Gasteiger partial charge in [0.1, 0.15) is 0 Å². The molecule has 4 nitrogen and oxygen atoms in total. The molecule has 4 N–H and O–H groups in total. The molecule has 0 heterocycles. The number of hydrogen-bond acceptors (Lipinski definition) is 0. The largest absolute Gasteiger partial charge is 1.00 e. The molecule has 0 saturated heterocycles. The minimum Gasteiger partial charge on any atom is -0.674 e. The maximum Gasteiger partial charge on any atom is 1.00 e. The predicted octanol–water partition coefficient (Wildman–Crippen LogP) is -3.03. The van der Waals surface area contributed by atoms with Crippen LogP contribution in [0.2, 0.25) is 0 Å². The summed E-state index contributed by atoms with van der Waals surface area (Å²) in [6.45, 7) is 1.56. The molecule has 4 aromatic carbocycles. The fraction of sp³-hybridized carbons (Fsp3) is 0.143. The number of benzene rings is 4. The van der Waals surface area contributed by atoms with Crippen LogP contribution in [-0.4, -0.2) is 0 Å². The van der Waals surface area contributed by atoms with Crippen molar-refractivity contribution in [1.82, 2.24) is 0 Å². The second kappa shape index (κ2) is 31.9. The normalized spacial score (nSPS) is 8.11. The standard InChI is InChI=1S/4C7H8N.4Na/c4*8-6-7-4-2-1-3-5-7;;;;/h4*1-5,8H,6H2;;;;/q4*-1;4*+1. The summed E-state index contributed by atoms with van der Waals surface area (Å²) in [6.07, 6.45) is 0. The van der Waals surface area contributed by atoms with Crippen molar-refractivity contribution in [2.24, 2.45) is 0 Å². The molecule has 4 rings (SSSR count). The summed E-state index contributed by atoms with van der Waals surface area (Å²) in [5.74, 6) is 0. The zero-order chi connectivity index (χ0) is 23.3. The van der Waals surface area contributed by atoms with Gasteiger partial charge < -0.3 is 22.9 Å². The first-order valence-corrected chi connectivity index (χ1v) is 10.5. The quantitative estimate of drug-likeness (QED) is 0.258. The minimum atomic E-state index is 0. The van der Waals surface area contributed by atoms with Gasteiger partial charge >= 0.3 is 118 Å². The molecule has 0 bridgehead atoms. The van der Waals surface area contributed by atoms with E-state index >= 15 is 0 Å². The van der Waals surface area contributed by atoms with Crippen molar-refractivity contribution in [2.45, 2.75) is 26.2 Å². The Hall–Kier alpha value is 0.720. The SMILES string of the molecule is [NH-]Cc1ccccc1.[NH-]Cc1ccccc1.[NH-]Cc1ccccc1.[NH-]Cc1ccccc1.[Na+].[Na+].[Na+].[Na+]. The third-order valence-electron chi connectivity index (χ3n) is 4.19. The second-order valence-electron chi connectivity index (χ2n) is 6.65. The third kappa shape index (κ3) is 23.8. The molecule has 168 valence electrons. The van der Waals surface area contributed by atoms with Crippen LogP contribution in [0.25, 0.3) is 22.9 Å². The molecule has 0 atom stereocenters. The molecule has 0 aliphatic carbocycles. The van der Waals surface area contributed by atoms with Crippen LogP contribution in [0, 0.1) is 0 Å². The molecule has 0 aromatic heterocycles. The van der Waals surface area contributed by atoms with Gasteiger partial charge in [0.25, 0.3) is 0 Å². The van der Waals surface area contributed by atoms with Crippen LogP contribution in [0.15, 0.2) is 121 Å². The summed E-state index contributed by atoms with van der Waals surface area (Å²) in [6, 6.07) is 39.0. The van der Waals surface area contributed by atoms with Gasteiger partial charge in [-0.15, -0.1) is 26.2 Å². The first-order valence-electron chi connectivity index (χ1n) is 10.5. The van der Waals surface area contributed by atoms with Gasteiger partial charge in [-0.1, -0.05) is 144 Å². The van der Waals surface area contributed by atoms with E-state index in [1.165, 1.54) is 0 Å². The zero-order valence-corrected chi connectivity index (χ0v) is 30.4. The van der Waals surface area contributed by atoms with Gasteiger partial charge in [-0.25, -0.2) is 0 Å². The Balaban J connectivity index is -0.000000183. The Morgan fingerprint density at radius 2 is 0.417 bits per heavy atom. The molecule has 0 aliphatic rings. The van der Waals surface area contributed by atoms with Crippen LogP contribution in [-0.2, 0) is 26.2 Å². The van der Waals surface area contributed by atoms with Crippen molar-refractivity contribution in [3.05, 3.63) is 167 Å². The summed E-state index contributed by atoms with van der Waals surface area (Å²) < 4.78 is 0. The van der Waals surface area contributed by atoms with E-state index in [0.717, 1.165) is 22.3 Å².